The maximum atomic E-state index is 3.69. The van der Waals surface area contributed by atoms with Crippen LogP contribution in [0.5, 0.6) is 0 Å². The van der Waals surface area contributed by atoms with E-state index in [1.165, 1.54) is 77.4 Å². The summed E-state index contributed by atoms with van der Waals surface area (Å²) in [5, 5.41) is 3.69. The molecule has 0 radical (unpaired) electrons. The minimum absolute atomic E-state index is 0.553. The van der Waals surface area contributed by atoms with Crippen LogP contribution >= 0.6 is 0 Å². The lowest BCUT2D eigenvalue weighted by atomic mass is 9.69. The average molecular weight is 295 g/mol. The highest BCUT2D eigenvalue weighted by molar-refractivity contribution is 4.92. The minimum Gasteiger partial charge on any atom is -0.316 e. The van der Waals surface area contributed by atoms with E-state index < -0.39 is 0 Å². The molecule has 3 unspecified atom stereocenters. The number of nitrogens with one attached hydrogen (secondary N) is 1. The van der Waals surface area contributed by atoms with Crippen molar-refractivity contribution in [2.24, 2.45) is 11.3 Å². The third-order valence-electron chi connectivity index (χ3n) is 5.84. The van der Waals surface area contributed by atoms with Crippen molar-refractivity contribution in [3.05, 3.63) is 0 Å². The van der Waals surface area contributed by atoms with Crippen LogP contribution in [0.1, 0.15) is 78.6 Å². The summed E-state index contributed by atoms with van der Waals surface area (Å²) in [5.41, 5.74) is 0.553. The van der Waals surface area contributed by atoms with Crippen LogP contribution in [0.3, 0.4) is 0 Å². The van der Waals surface area contributed by atoms with Gasteiger partial charge in [0.1, 0.15) is 0 Å². The first kappa shape index (κ1) is 17.3. The molecule has 1 aliphatic carbocycles. The molecule has 2 nitrogen and oxygen atoms in total. The number of hydrogen-bond donors (Lipinski definition) is 1. The van der Waals surface area contributed by atoms with E-state index in [-0.39, 0.29) is 0 Å². The fraction of sp³-hybridized carbons (Fsp3) is 1.00. The van der Waals surface area contributed by atoms with Crippen LogP contribution in [-0.4, -0.2) is 37.1 Å². The van der Waals surface area contributed by atoms with Crippen molar-refractivity contribution in [1.82, 2.24) is 10.2 Å². The van der Waals surface area contributed by atoms with Crippen molar-refractivity contribution in [3.8, 4) is 0 Å². The van der Waals surface area contributed by atoms with Crippen LogP contribution in [0.25, 0.3) is 0 Å². The average Bonchev–Trinajstić information content (AvgIpc) is 2.48. The van der Waals surface area contributed by atoms with Gasteiger partial charge in [0.25, 0.3) is 0 Å². The third-order valence-corrected chi connectivity index (χ3v) is 5.84. The summed E-state index contributed by atoms with van der Waals surface area (Å²) < 4.78 is 0. The Hall–Kier alpha value is -0.0800. The Morgan fingerprint density at radius 1 is 1.14 bits per heavy atom. The molecule has 1 saturated heterocycles. The molecule has 21 heavy (non-hydrogen) atoms. The number of hydrogen-bond acceptors (Lipinski definition) is 2. The highest BCUT2D eigenvalue weighted by atomic mass is 15.2. The zero-order valence-electron chi connectivity index (χ0n) is 14.8. The van der Waals surface area contributed by atoms with Crippen molar-refractivity contribution in [3.63, 3.8) is 0 Å². The second kappa shape index (κ2) is 8.53. The van der Waals surface area contributed by atoms with Gasteiger partial charge in [-0.1, -0.05) is 46.5 Å². The van der Waals surface area contributed by atoms with Crippen LogP contribution in [0.15, 0.2) is 0 Å². The van der Waals surface area contributed by atoms with Crippen molar-refractivity contribution in [2.45, 2.75) is 84.6 Å². The van der Waals surface area contributed by atoms with Crippen molar-refractivity contribution < 1.29 is 0 Å². The molecule has 0 aromatic rings. The first-order valence-corrected chi connectivity index (χ1v) is 9.64. The van der Waals surface area contributed by atoms with Crippen molar-refractivity contribution >= 4 is 0 Å². The fourth-order valence-corrected chi connectivity index (χ4v) is 4.88. The molecule has 2 aliphatic rings. The van der Waals surface area contributed by atoms with Gasteiger partial charge in [0.15, 0.2) is 0 Å². The Morgan fingerprint density at radius 3 is 2.71 bits per heavy atom. The van der Waals surface area contributed by atoms with Crippen molar-refractivity contribution in [2.75, 3.05) is 26.2 Å². The number of nitrogens with zero attached hydrogens (tertiary/aromatic N) is 1. The number of rotatable bonds is 7. The predicted octanol–water partition coefficient (Wildman–Crippen LogP) is 4.45. The summed E-state index contributed by atoms with van der Waals surface area (Å²) in [5.74, 6) is 0.923. The summed E-state index contributed by atoms with van der Waals surface area (Å²) in [6.45, 7) is 12.1. The van der Waals surface area contributed by atoms with Gasteiger partial charge in [0, 0.05) is 19.1 Å². The Balaban J connectivity index is 2.01. The van der Waals surface area contributed by atoms with Gasteiger partial charge in [-0.2, -0.15) is 0 Å². The maximum absolute atomic E-state index is 3.69. The van der Waals surface area contributed by atoms with Gasteiger partial charge in [0.2, 0.25) is 0 Å². The van der Waals surface area contributed by atoms with E-state index in [0.717, 1.165) is 18.5 Å². The predicted molar refractivity (Wildman–Crippen MR) is 92.7 cm³/mol. The van der Waals surface area contributed by atoms with E-state index >= 15 is 0 Å². The van der Waals surface area contributed by atoms with E-state index in [1.807, 2.05) is 0 Å². The van der Waals surface area contributed by atoms with Crippen LogP contribution in [0, 0.1) is 11.3 Å². The van der Waals surface area contributed by atoms with E-state index in [1.54, 1.807) is 0 Å². The van der Waals surface area contributed by atoms with E-state index in [9.17, 15) is 0 Å². The molecule has 1 saturated carbocycles. The Bertz CT molecular complexity index is 289. The molecule has 0 bridgehead atoms. The van der Waals surface area contributed by atoms with Gasteiger partial charge in [-0.25, -0.2) is 0 Å². The van der Waals surface area contributed by atoms with Gasteiger partial charge in [-0.3, -0.25) is 4.90 Å². The van der Waals surface area contributed by atoms with Gasteiger partial charge < -0.3 is 5.32 Å². The second-order valence-corrected chi connectivity index (χ2v) is 7.89. The molecule has 1 aliphatic heterocycles. The van der Waals surface area contributed by atoms with Gasteiger partial charge in [0.05, 0.1) is 0 Å². The summed E-state index contributed by atoms with van der Waals surface area (Å²) in [4.78, 5) is 2.88. The standard InChI is InChI=1S/C19H38N2/c1-4-9-18-11-6-7-13-21(18)16-19(15-20-5-2)12-8-10-17(3)14-19/h17-18,20H,4-16H2,1-3H3. The quantitative estimate of drug-likeness (QED) is 0.746. The second-order valence-electron chi connectivity index (χ2n) is 7.89. The molecule has 0 amide bonds. The molecule has 3 atom stereocenters. The fourth-order valence-electron chi connectivity index (χ4n) is 4.88. The number of piperidine rings is 1. The van der Waals surface area contributed by atoms with E-state index in [0.29, 0.717) is 5.41 Å². The van der Waals surface area contributed by atoms with E-state index in [4.69, 9.17) is 0 Å². The summed E-state index contributed by atoms with van der Waals surface area (Å²) in [6.07, 6.45) is 12.9. The molecule has 0 aromatic carbocycles. The molecule has 124 valence electrons. The number of likely N-dealkylation sites (tertiary alicyclic amines) is 1. The molecule has 2 rings (SSSR count). The first-order valence-electron chi connectivity index (χ1n) is 9.64. The molecule has 0 spiro atoms. The molecular weight excluding hydrogens is 256 g/mol. The van der Waals surface area contributed by atoms with Gasteiger partial charge in [-0.05, 0) is 56.5 Å². The molecule has 2 fully saturated rings. The van der Waals surface area contributed by atoms with Gasteiger partial charge in [-0.15, -0.1) is 0 Å². The summed E-state index contributed by atoms with van der Waals surface area (Å²) >= 11 is 0. The SMILES string of the molecule is CCCC1CCCCN1CC1(CNCC)CCCC(C)C1. The van der Waals surface area contributed by atoms with Crippen LogP contribution in [0.2, 0.25) is 0 Å². The largest absolute Gasteiger partial charge is 0.316 e. The molecule has 2 heteroatoms. The zero-order chi connectivity index (χ0) is 15.1. The van der Waals surface area contributed by atoms with Crippen LogP contribution in [-0.2, 0) is 0 Å². The lowest BCUT2D eigenvalue weighted by molar-refractivity contribution is 0.0389. The van der Waals surface area contributed by atoms with Crippen LogP contribution < -0.4 is 5.32 Å². The van der Waals surface area contributed by atoms with Crippen LogP contribution in [0.4, 0.5) is 0 Å². The molecule has 0 aromatic heterocycles. The highest BCUT2D eigenvalue weighted by Crippen LogP contribution is 2.40. The molecular formula is C19H38N2. The lowest BCUT2D eigenvalue weighted by Gasteiger charge is -2.47. The topological polar surface area (TPSA) is 15.3 Å². The minimum atomic E-state index is 0.553. The van der Waals surface area contributed by atoms with E-state index in [2.05, 4.69) is 31.0 Å². The Kier molecular flexibility index (Phi) is 7.01. The molecule has 1 N–H and O–H groups in total. The Labute approximate surface area is 133 Å². The zero-order valence-corrected chi connectivity index (χ0v) is 14.8. The van der Waals surface area contributed by atoms with Crippen molar-refractivity contribution in [1.29, 1.82) is 0 Å². The Morgan fingerprint density at radius 2 is 2.00 bits per heavy atom. The molecule has 1 heterocycles. The third kappa shape index (κ3) is 4.96. The summed E-state index contributed by atoms with van der Waals surface area (Å²) in [7, 11) is 0. The smallest absolute Gasteiger partial charge is 0.00954 e. The maximum Gasteiger partial charge on any atom is 0.00954 e. The monoisotopic (exact) mass is 294 g/mol. The highest BCUT2D eigenvalue weighted by Gasteiger charge is 2.37. The van der Waals surface area contributed by atoms with Gasteiger partial charge >= 0.3 is 0 Å². The normalized spacial score (nSPS) is 35.0. The lowest BCUT2D eigenvalue weighted by Crippen LogP contribution is -2.51. The summed E-state index contributed by atoms with van der Waals surface area (Å²) in [6, 6.07) is 0.875. The first-order chi connectivity index (χ1) is 10.2.